The van der Waals surface area contributed by atoms with Crippen molar-refractivity contribution in [2.24, 2.45) is 0 Å². The third-order valence-electron chi connectivity index (χ3n) is 3.45. The molecule has 1 unspecified atom stereocenters. The molecule has 0 saturated heterocycles. The molecule has 0 bridgehead atoms. The van der Waals surface area contributed by atoms with Crippen molar-refractivity contribution in [1.82, 2.24) is 15.6 Å². The molecule has 1 atom stereocenters. The highest BCUT2D eigenvalue weighted by atomic mass is 32.1. The van der Waals surface area contributed by atoms with Crippen LogP contribution in [0.3, 0.4) is 0 Å². The summed E-state index contributed by atoms with van der Waals surface area (Å²) in [6.45, 7) is 7.10. The van der Waals surface area contributed by atoms with Crippen LogP contribution in [0.1, 0.15) is 37.5 Å². The molecular formula is C17H22N4O2S. The number of carbonyl (C=O) groups is 2. The van der Waals surface area contributed by atoms with Gasteiger partial charge in [0.1, 0.15) is 5.54 Å². The summed E-state index contributed by atoms with van der Waals surface area (Å²) in [5.74, 6) is -0.274. The Morgan fingerprint density at radius 2 is 1.88 bits per heavy atom. The van der Waals surface area contributed by atoms with Gasteiger partial charge in [0.2, 0.25) is 5.91 Å². The van der Waals surface area contributed by atoms with Gasteiger partial charge in [-0.25, -0.2) is 9.78 Å². The van der Waals surface area contributed by atoms with Crippen LogP contribution in [-0.4, -0.2) is 22.5 Å². The molecule has 0 fully saturated rings. The first kappa shape index (κ1) is 17.9. The van der Waals surface area contributed by atoms with Crippen LogP contribution < -0.4 is 16.0 Å². The number of hydrogen-bond donors (Lipinski definition) is 3. The Balaban J connectivity index is 1.93. The first-order valence-corrected chi connectivity index (χ1v) is 8.53. The van der Waals surface area contributed by atoms with Gasteiger partial charge in [-0.3, -0.25) is 4.79 Å². The summed E-state index contributed by atoms with van der Waals surface area (Å²) >= 11 is 1.54. The molecule has 0 radical (unpaired) electrons. The number of hydrogen-bond acceptors (Lipinski definition) is 4. The molecule has 0 spiro atoms. The monoisotopic (exact) mass is 346 g/mol. The van der Waals surface area contributed by atoms with Crippen molar-refractivity contribution in [1.29, 1.82) is 0 Å². The summed E-state index contributed by atoms with van der Waals surface area (Å²) in [5, 5.41) is 11.1. The quantitative estimate of drug-likeness (QED) is 0.777. The van der Waals surface area contributed by atoms with E-state index in [1.807, 2.05) is 37.4 Å². The standard InChI is InChI=1S/C17H22N4O2S/c1-11(14-10-24-12(2)19-14)18-15(22)17(3,4)21-16(23)20-13-8-6-5-7-9-13/h5-11H,1-4H3,(H,18,22)(H2,20,21,23). The number of thiazole rings is 1. The van der Waals surface area contributed by atoms with Gasteiger partial charge < -0.3 is 16.0 Å². The summed E-state index contributed by atoms with van der Waals surface area (Å²) in [6, 6.07) is 8.41. The van der Waals surface area contributed by atoms with Gasteiger partial charge >= 0.3 is 6.03 Å². The second-order valence-corrected chi connectivity index (χ2v) is 7.12. The number of aromatic nitrogens is 1. The van der Waals surface area contributed by atoms with E-state index in [-0.39, 0.29) is 11.9 Å². The number of carbonyl (C=O) groups excluding carboxylic acids is 2. The second kappa shape index (κ2) is 7.44. The van der Waals surface area contributed by atoms with Crippen LogP contribution in [0.15, 0.2) is 35.7 Å². The first-order valence-electron chi connectivity index (χ1n) is 7.65. The number of rotatable bonds is 5. The molecule has 3 amide bonds. The number of urea groups is 1. The molecule has 0 aliphatic heterocycles. The SMILES string of the molecule is Cc1nc(C(C)NC(=O)C(C)(C)NC(=O)Nc2ccccc2)cs1. The number of amides is 3. The Labute approximate surface area is 145 Å². The predicted octanol–water partition coefficient (Wildman–Crippen LogP) is 3.23. The van der Waals surface area contributed by atoms with E-state index in [0.717, 1.165) is 10.7 Å². The summed E-state index contributed by atoms with van der Waals surface area (Å²) < 4.78 is 0. The van der Waals surface area contributed by atoms with Crippen molar-refractivity contribution >= 4 is 29.0 Å². The van der Waals surface area contributed by atoms with Crippen LogP contribution >= 0.6 is 11.3 Å². The molecule has 0 saturated carbocycles. The Morgan fingerprint density at radius 3 is 2.46 bits per heavy atom. The van der Waals surface area contributed by atoms with Crippen molar-refractivity contribution in [3.05, 3.63) is 46.4 Å². The van der Waals surface area contributed by atoms with Gasteiger partial charge in [0.15, 0.2) is 0 Å². The maximum Gasteiger partial charge on any atom is 0.320 e. The number of para-hydroxylation sites is 1. The highest BCUT2D eigenvalue weighted by molar-refractivity contribution is 7.09. The summed E-state index contributed by atoms with van der Waals surface area (Å²) in [6.07, 6.45) is 0. The average molecular weight is 346 g/mol. The minimum Gasteiger partial charge on any atom is -0.346 e. The molecule has 2 aromatic rings. The van der Waals surface area contributed by atoms with E-state index >= 15 is 0 Å². The minimum atomic E-state index is -1.06. The molecule has 7 heteroatoms. The number of anilines is 1. The molecule has 24 heavy (non-hydrogen) atoms. The fourth-order valence-corrected chi connectivity index (χ4v) is 2.76. The van der Waals surface area contributed by atoms with E-state index in [0.29, 0.717) is 5.69 Å². The lowest BCUT2D eigenvalue weighted by molar-refractivity contribution is -0.126. The third-order valence-corrected chi connectivity index (χ3v) is 4.25. The first-order chi connectivity index (χ1) is 11.3. The molecule has 2 rings (SSSR count). The lowest BCUT2D eigenvalue weighted by atomic mass is 10.0. The summed E-state index contributed by atoms with van der Waals surface area (Å²) in [7, 11) is 0. The van der Waals surface area contributed by atoms with E-state index in [2.05, 4.69) is 20.9 Å². The van der Waals surface area contributed by atoms with Crippen LogP contribution in [0.4, 0.5) is 10.5 Å². The molecule has 1 aromatic heterocycles. The number of benzene rings is 1. The molecule has 1 heterocycles. The van der Waals surface area contributed by atoms with E-state index in [1.165, 1.54) is 11.3 Å². The fourth-order valence-electron chi connectivity index (χ4n) is 2.05. The molecule has 0 aliphatic carbocycles. The van der Waals surface area contributed by atoms with E-state index in [9.17, 15) is 9.59 Å². The molecule has 1 aromatic carbocycles. The Kier molecular flexibility index (Phi) is 5.56. The van der Waals surface area contributed by atoms with Gasteiger partial charge in [0, 0.05) is 11.1 Å². The topological polar surface area (TPSA) is 83.1 Å². The largest absolute Gasteiger partial charge is 0.346 e. The normalized spacial score (nSPS) is 12.3. The Hall–Kier alpha value is -2.41. The van der Waals surface area contributed by atoms with Gasteiger partial charge in [-0.05, 0) is 39.8 Å². The fraction of sp³-hybridized carbons (Fsp3) is 0.353. The van der Waals surface area contributed by atoms with Crippen molar-refractivity contribution in [3.8, 4) is 0 Å². The van der Waals surface area contributed by atoms with Crippen molar-refractivity contribution in [2.45, 2.75) is 39.3 Å². The third kappa shape index (κ3) is 4.79. The van der Waals surface area contributed by atoms with Gasteiger partial charge in [-0.2, -0.15) is 0 Å². The van der Waals surface area contributed by atoms with Crippen LogP contribution in [0, 0.1) is 6.92 Å². The lowest BCUT2D eigenvalue weighted by Gasteiger charge is -2.27. The van der Waals surface area contributed by atoms with E-state index < -0.39 is 11.6 Å². The molecule has 6 nitrogen and oxygen atoms in total. The van der Waals surface area contributed by atoms with Gasteiger partial charge in [-0.15, -0.1) is 11.3 Å². The van der Waals surface area contributed by atoms with Gasteiger partial charge in [0.25, 0.3) is 0 Å². The molecule has 3 N–H and O–H groups in total. The summed E-state index contributed by atoms with van der Waals surface area (Å²) in [4.78, 5) is 28.9. The zero-order chi connectivity index (χ0) is 17.7. The summed E-state index contributed by atoms with van der Waals surface area (Å²) in [5.41, 5.74) is 0.422. The van der Waals surface area contributed by atoms with Crippen LogP contribution in [0.2, 0.25) is 0 Å². The van der Waals surface area contributed by atoms with Crippen molar-refractivity contribution < 1.29 is 9.59 Å². The highest BCUT2D eigenvalue weighted by Gasteiger charge is 2.30. The van der Waals surface area contributed by atoms with Gasteiger partial charge in [-0.1, -0.05) is 18.2 Å². The number of nitrogens with zero attached hydrogens (tertiary/aromatic N) is 1. The van der Waals surface area contributed by atoms with Crippen LogP contribution in [-0.2, 0) is 4.79 Å². The molecule has 128 valence electrons. The highest BCUT2D eigenvalue weighted by Crippen LogP contribution is 2.17. The number of nitrogens with one attached hydrogen (secondary N) is 3. The van der Waals surface area contributed by atoms with E-state index in [1.54, 1.807) is 26.0 Å². The zero-order valence-corrected chi connectivity index (χ0v) is 15.0. The van der Waals surface area contributed by atoms with Crippen molar-refractivity contribution in [2.75, 3.05) is 5.32 Å². The predicted molar refractivity (Wildman–Crippen MR) is 96.1 cm³/mol. The maximum atomic E-state index is 12.5. The van der Waals surface area contributed by atoms with E-state index in [4.69, 9.17) is 0 Å². The van der Waals surface area contributed by atoms with Crippen LogP contribution in [0.25, 0.3) is 0 Å². The number of aryl methyl sites for hydroxylation is 1. The average Bonchev–Trinajstić information content (AvgIpc) is 2.94. The molecular weight excluding hydrogens is 324 g/mol. The Morgan fingerprint density at radius 1 is 1.21 bits per heavy atom. The molecule has 0 aliphatic rings. The maximum absolute atomic E-state index is 12.5. The van der Waals surface area contributed by atoms with Gasteiger partial charge in [0.05, 0.1) is 16.7 Å². The Bertz CT molecular complexity index is 712. The van der Waals surface area contributed by atoms with Crippen LogP contribution in [0.5, 0.6) is 0 Å². The zero-order valence-electron chi connectivity index (χ0n) is 14.2. The van der Waals surface area contributed by atoms with Crippen molar-refractivity contribution in [3.63, 3.8) is 0 Å². The second-order valence-electron chi connectivity index (χ2n) is 6.06. The smallest absolute Gasteiger partial charge is 0.320 e. The minimum absolute atomic E-state index is 0.222. The lowest BCUT2D eigenvalue weighted by Crippen LogP contribution is -2.56.